The second-order valence-corrected chi connectivity index (χ2v) is 4.82. The molecule has 1 unspecified atom stereocenters. The lowest BCUT2D eigenvalue weighted by atomic mass is 10.1. The number of rotatable bonds is 7. The van der Waals surface area contributed by atoms with Gasteiger partial charge in [-0.3, -0.25) is 4.98 Å². The Morgan fingerprint density at radius 2 is 2.32 bits per heavy atom. The number of nitrogens with zero attached hydrogens (tertiary/aromatic N) is 2. The van der Waals surface area contributed by atoms with E-state index >= 15 is 0 Å². The average molecular weight is 265 g/mol. The Balaban J connectivity index is 1.67. The highest BCUT2D eigenvalue weighted by Crippen LogP contribution is 2.13. The predicted octanol–water partition coefficient (Wildman–Crippen LogP) is 2.38. The number of nitrogens with one attached hydrogen (secondary N) is 1. The maximum atomic E-state index is 5.63. The Kier molecular flexibility index (Phi) is 6.04. The molecule has 5 nitrogen and oxygen atoms in total. The fraction of sp³-hybridized carbons (Fsp3) is 0.714. The van der Waals surface area contributed by atoms with Crippen LogP contribution >= 0.6 is 0 Å². The summed E-state index contributed by atoms with van der Waals surface area (Å²) in [5.41, 5.74) is 0.859. The molecule has 0 radical (unpaired) electrons. The van der Waals surface area contributed by atoms with Crippen molar-refractivity contribution in [3.05, 3.63) is 18.1 Å². The topological polar surface area (TPSA) is 56.3 Å². The monoisotopic (exact) mass is 265 g/mol. The molecule has 0 aromatic carbocycles. The molecule has 1 aromatic rings. The first kappa shape index (κ1) is 14.2. The van der Waals surface area contributed by atoms with E-state index in [0.29, 0.717) is 13.2 Å². The molecule has 0 bridgehead atoms. The van der Waals surface area contributed by atoms with Crippen molar-refractivity contribution in [2.45, 2.75) is 45.3 Å². The smallest absolute Gasteiger partial charge is 0.144 e. The molecule has 0 spiro atoms. The SMILES string of the molecule is CCCNc1cnc(COCC2CCCCO2)cn1. The molecule has 1 aromatic heterocycles. The van der Waals surface area contributed by atoms with Gasteiger partial charge < -0.3 is 14.8 Å². The first-order valence-corrected chi connectivity index (χ1v) is 7.12. The first-order valence-electron chi connectivity index (χ1n) is 7.12. The van der Waals surface area contributed by atoms with E-state index < -0.39 is 0 Å². The second kappa shape index (κ2) is 8.07. The summed E-state index contributed by atoms with van der Waals surface area (Å²) in [4.78, 5) is 8.62. The molecule has 1 fully saturated rings. The zero-order chi connectivity index (χ0) is 13.3. The van der Waals surface area contributed by atoms with Gasteiger partial charge in [-0.15, -0.1) is 0 Å². The van der Waals surface area contributed by atoms with Crippen LogP contribution in [0.3, 0.4) is 0 Å². The van der Waals surface area contributed by atoms with Gasteiger partial charge in [0, 0.05) is 13.2 Å². The number of hydrogen-bond acceptors (Lipinski definition) is 5. The third-order valence-corrected chi connectivity index (χ3v) is 3.09. The molecule has 1 saturated heterocycles. The zero-order valence-corrected chi connectivity index (χ0v) is 11.6. The van der Waals surface area contributed by atoms with Crippen LogP contribution in [0.5, 0.6) is 0 Å². The number of hydrogen-bond donors (Lipinski definition) is 1. The van der Waals surface area contributed by atoms with Crippen molar-refractivity contribution in [3.8, 4) is 0 Å². The fourth-order valence-corrected chi connectivity index (χ4v) is 2.01. The van der Waals surface area contributed by atoms with Crippen LogP contribution < -0.4 is 5.32 Å². The summed E-state index contributed by atoms with van der Waals surface area (Å²) in [6.07, 6.45) is 8.37. The van der Waals surface area contributed by atoms with Crippen molar-refractivity contribution in [3.63, 3.8) is 0 Å². The van der Waals surface area contributed by atoms with E-state index in [4.69, 9.17) is 9.47 Å². The number of aromatic nitrogens is 2. The summed E-state index contributed by atoms with van der Waals surface area (Å²) in [6, 6.07) is 0. The van der Waals surface area contributed by atoms with E-state index in [1.807, 2.05) is 0 Å². The molecule has 1 atom stereocenters. The molecule has 0 saturated carbocycles. The Hall–Kier alpha value is -1.20. The lowest BCUT2D eigenvalue weighted by molar-refractivity contribution is -0.0453. The summed E-state index contributed by atoms with van der Waals surface area (Å²) >= 11 is 0. The van der Waals surface area contributed by atoms with E-state index in [1.165, 1.54) is 12.8 Å². The highest BCUT2D eigenvalue weighted by atomic mass is 16.5. The highest BCUT2D eigenvalue weighted by molar-refractivity contribution is 5.30. The Morgan fingerprint density at radius 1 is 1.37 bits per heavy atom. The quantitative estimate of drug-likeness (QED) is 0.820. The van der Waals surface area contributed by atoms with Crippen LogP contribution in [0, 0.1) is 0 Å². The van der Waals surface area contributed by atoms with Crippen LogP contribution in [0.1, 0.15) is 38.3 Å². The van der Waals surface area contributed by atoms with Crippen molar-refractivity contribution in [1.29, 1.82) is 0 Å². The van der Waals surface area contributed by atoms with E-state index in [0.717, 1.165) is 37.5 Å². The molecule has 1 aliphatic rings. The van der Waals surface area contributed by atoms with Gasteiger partial charge in [0.15, 0.2) is 0 Å². The van der Waals surface area contributed by atoms with Crippen molar-refractivity contribution in [1.82, 2.24) is 9.97 Å². The van der Waals surface area contributed by atoms with Crippen molar-refractivity contribution in [2.24, 2.45) is 0 Å². The summed E-state index contributed by atoms with van der Waals surface area (Å²) < 4.78 is 11.2. The molecule has 1 N–H and O–H groups in total. The Labute approximate surface area is 114 Å². The van der Waals surface area contributed by atoms with Gasteiger partial charge in [0.05, 0.1) is 37.4 Å². The van der Waals surface area contributed by atoms with Crippen LogP contribution in [0.25, 0.3) is 0 Å². The average Bonchev–Trinajstić information content (AvgIpc) is 2.47. The number of anilines is 1. The maximum absolute atomic E-state index is 5.63. The van der Waals surface area contributed by atoms with Gasteiger partial charge in [-0.25, -0.2) is 4.98 Å². The molecule has 19 heavy (non-hydrogen) atoms. The predicted molar refractivity (Wildman–Crippen MR) is 74.1 cm³/mol. The summed E-state index contributed by atoms with van der Waals surface area (Å²) in [7, 11) is 0. The third-order valence-electron chi connectivity index (χ3n) is 3.09. The van der Waals surface area contributed by atoms with Gasteiger partial charge in [0.25, 0.3) is 0 Å². The van der Waals surface area contributed by atoms with Crippen LogP contribution in [-0.2, 0) is 16.1 Å². The lowest BCUT2D eigenvalue weighted by Gasteiger charge is -2.22. The highest BCUT2D eigenvalue weighted by Gasteiger charge is 2.13. The van der Waals surface area contributed by atoms with Crippen LogP contribution in [0.4, 0.5) is 5.82 Å². The first-order chi connectivity index (χ1) is 9.38. The van der Waals surface area contributed by atoms with Crippen LogP contribution in [-0.4, -0.2) is 35.8 Å². The zero-order valence-electron chi connectivity index (χ0n) is 11.6. The molecule has 106 valence electrons. The van der Waals surface area contributed by atoms with E-state index in [2.05, 4.69) is 22.2 Å². The maximum Gasteiger partial charge on any atom is 0.144 e. The van der Waals surface area contributed by atoms with Crippen LogP contribution in [0.15, 0.2) is 12.4 Å². The largest absolute Gasteiger partial charge is 0.376 e. The molecule has 2 heterocycles. The third kappa shape index (κ3) is 5.12. The standard InChI is InChI=1S/C14H23N3O2/c1-2-6-15-14-9-16-12(8-17-14)10-18-11-13-5-3-4-7-19-13/h8-9,13H,2-7,10-11H2,1H3,(H,15,17). The molecular formula is C14H23N3O2. The molecule has 0 aliphatic carbocycles. The van der Waals surface area contributed by atoms with Gasteiger partial charge in [0.2, 0.25) is 0 Å². The Bertz CT molecular complexity index is 350. The van der Waals surface area contributed by atoms with Gasteiger partial charge >= 0.3 is 0 Å². The number of ether oxygens (including phenoxy) is 2. The minimum Gasteiger partial charge on any atom is -0.376 e. The molecule has 2 rings (SSSR count). The van der Waals surface area contributed by atoms with Gasteiger partial charge in [-0.05, 0) is 25.7 Å². The Morgan fingerprint density at radius 3 is 3.00 bits per heavy atom. The molecule has 5 heteroatoms. The minimum absolute atomic E-state index is 0.257. The van der Waals surface area contributed by atoms with Gasteiger partial charge in [-0.1, -0.05) is 6.92 Å². The summed E-state index contributed by atoms with van der Waals surface area (Å²) in [6.45, 7) is 5.06. The molecule has 0 amide bonds. The van der Waals surface area contributed by atoms with Crippen molar-refractivity contribution in [2.75, 3.05) is 25.1 Å². The van der Waals surface area contributed by atoms with E-state index in [1.54, 1.807) is 12.4 Å². The normalized spacial score (nSPS) is 19.3. The fourth-order valence-electron chi connectivity index (χ4n) is 2.01. The van der Waals surface area contributed by atoms with Gasteiger partial charge in [0.1, 0.15) is 5.82 Å². The van der Waals surface area contributed by atoms with E-state index in [-0.39, 0.29) is 6.10 Å². The van der Waals surface area contributed by atoms with Crippen molar-refractivity contribution < 1.29 is 9.47 Å². The molecular weight excluding hydrogens is 242 g/mol. The second-order valence-electron chi connectivity index (χ2n) is 4.82. The lowest BCUT2D eigenvalue weighted by Crippen LogP contribution is -2.24. The summed E-state index contributed by atoms with van der Waals surface area (Å²) in [5.74, 6) is 0.821. The minimum atomic E-state index is 0.257. The van der Waals surface area contributed by atoms with E-state index in [9.17, 15) is 0 Å². The molecule has 1 aliphatic heterocycles. The van der Waals surface area contributed by atoms with Gasteiger partial charge in [-0.2, -0.15) is 0 Å². The van der Waals surface area contributed by atoms with Crippen molar-refractivity contribution >= 4 is 5.82 Å². The summed E-state index contributed by atoms with van der Waals surface area (Å²) in [5, 5.41) is 3.19. The van der Waals surface area contributed by atoms with Crippen LogP contribution in [0.2, 0.25) is 0 Å².